The SMILES string of the molecule is O=C([O-])c1ccc(C(=O)c2ccc3c(c2)C(=O)N(CC2CCCO2)C3=O)cc1. The van der Waals surface area contributed by atoms with Crippen LogP contribution in [0.3, 0.4) is 0 Å². The van der Waals surface area contributed by atoms with Crippen LogP contribution in [0.4, 0.5) is 0 Å². The molecule has 7 nitrogen and oxygen atoms in total. The Labute approximate surface area is 160 Å². The zero-order chi connectivity index (χ0) is 19.8. The van der Waals surface area contributed by atoms with Crippen LogP contribution in [-0.4, -0.2) is 47.7 Å². The van der Waals surface area contributed by atoms with E-state index in [4.69, 9.17) is 4.74 Å². The fourth-order valence-corrected chi connectivity index (χ4v) is 3.51. The first-order valence-electron chi connectivity index (χ1n) is 8.93. The summed E-state index contributed by atoms with van der Waals surface area (Å²) < 4.78 is 5.51. The second-order valence-electron chi connectivity index (χ2n) is 6.81. The van der Waals surface area contributed by atoms with E-state index < -0.39 is 11.9 Å². The van der Waals surface area contributed by atoms with Crippen molar-refractivity contribution in [2.24, 2.45) is 0 Å². The lowest BCUT2D eigenvalue weighted by Gasteiger charge is -2.17. The molecule has 2 aliphatic heterocycles. The van der Waals surface area contributed by atoms with Gasteiger partial charge in [0.1, 0.15) is 0 Å². The highest BCUT2D eigenvalue weighted by Gasteiger charge is 2.37. The van der Waals surface area contributed by atoms with Gasteiger partial charge in [0.15, 0.2) is 5.78 Å². The van der Waals surface area contributed by atoms with Gasteiger partial charge in [-0.3, -0.25) is 19.3 Å². The summed E-state index contributed by atoms with van der Waals surface area (Å²) in [6.45, 7) is 0.837. The maximum Gasteiger partial charge on any atom is 0.261 e. The molecule has 0 aliphatic carbocycles. The first-order chi connectivity index (χ1) is 13.5. The van der Waals surface area contributed by atoms with Crippen molar-refractivity contribution in [3.05, 3.63) is 70.3 Å². The Morgan fingerprint density at radius 1 is 0.964 bits per heavy atom. The molecule has 0 aromatic heterocycles. The number of hydrogen-bond acceptors (Lipinski definition) is 6. The van der Waals surface area contributed by atoms with Crippen LogP contribution < -0.4 is 5.11 Å². The van der Waals surface area contributed by atoms with Crippen LogP contribution in [0.5, 0.6) is 0 Å². The molecule has 4 rings (SSSR count). The molecular weight excluding hydrogens is 362 g/mol. The predicted octanol–water partition coefficient (Wildman–Crippen LogP) is 1.06. The van der Waals surface area contributed by atoms with Gasteiger partial charge in [-0.1, -0.05) is 30.3 Å². The van der Waals surface area contributed by atoms with E-state index in [0.29, 0.717) is 6.61 Å². The minimum Gasteiger partial charge on any atom is -0.545 e. The Morgan fingerprint density at radius 2 is 1.61 bits per heavy atom. The van der Waals surface area contributed by atoms with Gasteiger partial charge in [-0.05, 0) is 30.5 Å². The number of ether oxygens (including phenoxy) is 1. The Hall–Kier alpha value is -3.32. The molecule has 142 valence electrons. The van der Waals surface area contributed by atoms with Crippen LogP contribution in [0.15, 0.2) is 42.5 Å². The van der Waals surface area contributed by atoms with E-state index in [9.17, 15) is 24.3 Å². The smallest absolute Gasteiger partial charge is 0.261 e. The van der Waals surface area contributed by atoms with Crippen LogP contribution in [0.2, 0.25) is 0 Å². The van der Waals surface area contributed by atoms with E-state index in [1.807, 2.05) is 0 Å². The lowest BCUT2D eigenvalue weighted by Crippen LogP contribution is -2.36. The number of rotatable bonds is 5. The predicted molar refractivity (Wildman–Crippen MR) is 95.0 cm³/mol. The highest BCUT2D eigenvalue weighted by atomic mass is 16.5. The number of aromatic carboxylic acids is 1. The van der Waals surface area contributed by atoms with Crippen molar-refractivity contribution in [2.45, 2.75) is 18.9 Å². The summed E-state index contributed by atoms with van der Waals surface area (Å²) >= 11 is 0. The largest absolute Gasteiger partial charge is 0.545 e. The molecule has 7 heteroatoms. The molecule has 1 fully saturated rings. The Morgan fingerprint density at radius 3 is 2.25 bits per heavy atom. The maximum absolute atomic E-state index is 12.7. The van der Waals surface area contributed by atoms with Crippen LogP contribution in [0.1, 0.15) is 59.8 Å². The molecule has 2 aliphatic rings. The topological polar surface area (TPSA) is 104 Å². The minimum atomic E-state index is -1.33. The quantitative estimate of drug-likeness (QED) is 0.569. The zero-order valence-electron chi connectivity index (χ0n) is 14.8. The number of amides is 2. The molecular formula is C21H16NO6-. The van der Waals surface area contributed by atoms with Gasteiger partial charge >= 0.3 is 0 Å². The molecule has 1 saturated heterocycles. The van der Waals surface area contributed by atoms with Crippen LogP contribution in [-0.2, 0) is 4.74 Å². The van der Waals surface area contributed by atoms with Crippen LogP contribution in [0, 0.1) is 0 Å². The van der Waals surface area contributed by atoms with Crippen molar-refractivity contribution in [2.75, 3.05) is 13.2 Å². The van der Waals surface area contributed by atoms with E-state index in [0.717, 1.165) is 12.8 Å². The minimum absolute atomic E-state index is 0.0314. The third-order valence-electron chi connectivity index (χ3n) is 5.03. The van der Waals surface area contributed by atoms with Crippen molar-refractivity contribution in [3.8, 4) is 0 Å². The van der Waals surface area contributed by atoms with Gasteiger partial charge in [0, 0.05) is 17.7 Å². The van der Waals surface area contributed by atoms with E-state index in [1.54, 1.807) is 0 Å². The summed E-state index contributed by atoms with van der Waals surface area (Å²) in [5.74, 6) is -2.51. The molecule has 0 radical (unpaired) electrons. The summed E-state index contributed by atoms with van der Waals surface area (Å²) in [5.41, 5.74) is 0.959. The molecule has 1 atom stereocenters. The van der Waals surface area contributed by atoms with Gasteiger partial charge in [-0.2, -0.15) is 0 Å². The van der Waals surface area contributed by atoms with E-state index in [2.05, 4.69) is 0 Å². The number of carbonyl (C=O) groups is 4. The molecule has 28 heavy (non-hydrogen) atoms. The number of carboxylic acid groups (broad SMARTS) is 1. The highest BCUT2D eigenvalue weighted by molar-refractivity contribution is 6.22. The van der Waals surface area contributed by atoms with Gasteiger partial charge in [0.05, 0.1) is 29.7 Å². The standard InChI is InChI=1S/C21H17NO6/c23-18(12-3-5-13(6-4-12)21(26)27)14-7-8-16-17(10-14)20(25)22(19(16)24)11-15-2-1-9-28-15/h3-8,10,15H,1-2,9,11H2,(H,26,27)/p-1. The summed E-state index contributed by atoms with van der Waals surface area (Å²) in [7, 11) is 0. The number of ketones is 1. The van der Waals surface area contributed by atoms with Gasteiger partial charge in [0.25, 0.3) is 11.8 Å². The molecule has 0 spiro atoms. The molecule has 2 amide bonds. The molecule has 2 aromatic rings. The first kappa shape index (κ1) is 18.1. The van der Waals surface area contributed by atoms with Gasteiger partial charge < -0.3 is 14.6 Å². The lowest BCUT2D eigenvalue weighted by atomic mass is 9.98. The molecule has 0 N–H and O–H groups in total. The second-order valence-corrected chi connectivity index (χ2v) is 6.81. The fourth-order valence-electron chi connectivity index (χ4n) is 3.51. The molecule has 2 aromatic carbocycles. The fraction of sp³-hybridized carbons (Fsp3) is 0.238. The molecule has 1 unspecified atom stereocenters. The number of hydrogen-bond donors (Lipinski definition) is 0. The Kier molecular flexibility index (Phi) is 4.52. The second kappa shape index (κ2) is 7.01. The average Bonchev–Trinajstić information content (AvgIpc) is 3.30. The summed E-state index contributed by atoms with van der Waals surface area (Å²) in [6.07, 6.45) is 1.56. The van der Waals surface area contributed by atoms with Crippen molar-refractivity contribution in [3.63, 3.8) is 0 Å². The van der Waals surface area contributed by atoms with Crippen molar-refractivity contribution in [1.29, 1.82) is 0 Å². The molecule has 0 saturated carbocycles. The van der Waals surface area contributed by atoms with Crippen molar-refractivity contribution in [1.82, 2.24) is 4.90 Å². The number of benzene rings is 2. The maximum atomic E-state index is 12.7. The van der Waals surface area contributed by atoms with Crippen molar-refractivity contribution < 1.29 is 29.0 Å². The Balaban J connectivity index is 1.58. The molecule has 0 bridgehead atoms. The number of fused-ring (bicyclic) bond motifs is 1. The monoisotopic (exact) mass is 378 g/mol. The van der Waals surface area contributed by atoms with E-state index in [-0.39, 0.29) is 52.2 Å². The van der Waals surface area contributed by atoms with Crippen LogP contribution in [0.25, 0.3) is 0 Å². The highest BCUT2D eigenvalue weighted by Crippen LogP contribution is 2.27. The zero-order valence-corrected chi connectivity index (χ0v) is 14.8. The van der Waals surface area contributed by atoms with Gasteiger partial charge in [0.2, 0.25) is 0 Å². The summed E-state index contributed by atoms with van der Waals surface area (Å²) in [4.78, 5) is 49.9. The number of imide groups is 1. The normalized spacial score (nSPS) is 18.4. The van der Waals surface area contributed by atoms with Gasteiger partial charge in [-0.25, -0.2) is 0 Å². The average molecular weight is 378 g/mol. The number of carbonyl (C=O) groups excluding carboxylic acids is 4. The summed E-state index contributed by atoms with van der Waals surface area (Å²) in [5, 5.41) is 10.8. The Bertz CT molecular complexity index is 988. The van der Waals surface area contributed by atoms with Crippen LogP contribution >= 0.6 is 0 Å². The summed E-state index contributed by atoms with van der Waals surface area (Å²) in [6, 6.07) is 9.74. The van der Waals surface area contributed by atoms with Crippen molar-refractivity contribution >= 4 is 23.6 Å². The third kappa shape index (κ3) is 3.10. The first-order valence-corrected chi connectivity index (χ1v) is 8.93. The molecule has 2 heterocycles. The number of nitrogens with zero attached hydrogens (tertiary/aromatic N) is 1. The van der Waals surface area contributed by atoms with E-state index in [1.165, 1.54) is 47.4 Å². The third-order valence-corrected chi connectivity index (χ3v) is 5.03. The van der Waals surface area contributed by atoms with Gasteiger partial charge in [-0.15, -0.1) is 0 Å². The lowest BCUT2D eigenvalue weighted by molar-refractivity contribution is -0.255. The van der Waals surface area contributed by atoms with E-state index >= 15 is 0 Å². The number of carboxylic acids is 1.